The van der Waals surface area contributed by atoms with E-state index in [1.807, 2.05) is 10.7 Å². The zero-order valence-electron chi connectivity index (χ0n) is 4.96. The van der Waals surface area contributed by atoms with Gasteiger partial charge in [-0.05, 0) is 0 Å². The molecule has 2 rings (SSSR count). The van der Waals surface area contributed by atoms with Crippen molar-refractivity contribution >= 4 is 5.82 Å². The van der Waals surface area contributed by atoms with Gasteiger partial charge in [-0.2, -0.15) is 5.10 Å². The van der Waals surface area contributed by atoms with Crippen LogP contribution in [-0.4, -0.2) is 16.4 Å². The molecule has 0 bridgehead atoms. The Morgan fingerprint density at radius 2 is 2.67 bits per heavy atom. The number of rotatable bonds is 0. The van der Waals surface area contributed by atoms with Crippen molar-refractivity contribution in [3.05, 3.63) is 12.3 Å². The lowest BCUT2D eigenvalue weighted by atomic mass is 10.6. The first-order valence-electron chi connectivity index (χ1n) is 2.93. The second kappa shape index (κ2) is 1.73. The molecule has 4 nitrogen and oxygen atoms in total. The van der Waals surface area contributed by atoms with Crippen molar-refractivity contribution in [1.82, 2.24) is 15.1 Å². The number of fused-ring (bicyclic) bond motifs is 1. The molecule has 0 radical (unpaired) electrons. The quantitative estimate of drug-likeness (QED) is 0.504. The molecule has 0 aliphatic carbocycles. The fraction of sp³-hybridized carbons (Fsp3) is 0.400. The van der Waals surface area contributed by atoms with Gasteiger partial charge in [0.2, 0.25) is 0 Å². The minimum atomic E-state index is 0.815. The summed E-state index contributed by atoms with van der Waals surface area (Å²) in [4.78, 5) is 0. The van der Waals surface area contributed by atoms with Crippen LogP contribution in [0.3, 0.4) is 0 Å². The van der Waals surface area contributed by atoms with E-state index < -0.39 is 0 Å². The van der Waals surface area contributed by atoms with Gasteiger partial charge in [0.25, 0.3) is 0 Å². The molecular formula is C5H8N4. The molecule has 0 saturated carbocycles. The molecule has 0 amide bonds. The molecule has 1 aliphatic heterocycles. The Kier molecular flexibility index (Phi) is 0.927. The SMILES string of the molecule is c1cc2n(n1)CNCN2. The zero-order valence-corrected chi connectivity index (χ0v) is 4.96. The minimum Gasteiger partial charge on any atom is -0.358 e. The Labute approximate surface area is 52.9 Å². The van der Waals surface area contributed by atoms with Crippen molar-refractivity contribution in [3.63, 3.8) is 0 Å². The van der Waals surface area contributed by atoms with Crippen LogP contribution in [0.25, 0.3) is 0 Å². The van der Waals surface area contributed by atoms with E-state index in [9.17, 15) is 0 Å². The van der Waals surface area contributed by atoms with E-state index >= 15 is 0 Å². The molecular weight excluding hydrogens is 116 g/mol. The zero-order chi connectivity index (χ0) is 6.10. The third kappa shape index (κ3) is 0.675. The summed E-state index contributed by atoms with van der Waals surface area (Å²) < 4.78 is 1.88. The summed E-state index contributed by atoms with van der Waals surface area (Å²) in [6, 6.07) is 1.96. The predicted molar refractivity (Wildman–Crippen MR) is 33.9 cm³/mol. The third-order valence-electron chi connectivity index (χ3n) is 1.37. The number of nitrogens with zero attached hydrogens (tertiary/aromatic N) is 2. The monoisotopic (exact) mass is 124 g/mol. The van der Waals surface area contributed by atoms with Crippen molar-refractivity contribution in [3.8, 4) is 0 Å². The third-order valence-corrected chi connectivity index (χ3v) is 1.37. The van der Waals surface area contributed by atoms with Gasteiger partial charge >= 0.3 is 0 Å². The Balaban J connectivity index is 2.39. The Bertz CT molecular complexity index is 184. The summed E-state index contributed by atoms with van der Waals surface area (Å²) in [5.74, 6) is 1.09. The molecule has 0 atom stereocenters. The average molecular weight is 124 g/mol. The average Bonchev–Trinajstić information content (AvgIpc) is 2.33. The highest BCUT2D eigenvalue weighted by Crippen LogP contribution is 2.05. The number of anilines is 1. The lowest BCUT2D eigenvalue weighted by Gasteiger charge is -2.16. The molecule has 0 aromatic carbocycles. The maximum Gasteiger partial charge on any atom is 0.126 e. The van der Waals surface area contributed by atoms with Crippen LogP contribution < -0.4 is 10.6 Å². The molecule has 1 aromatic rings. The molecule has 0 unspecified atom stereocenters. The van der Waals surface area contributed by atoms with Crippen LogP contribution in [0.1, 0.15) is 0 Å². The van der Waals surface area contributed by atoms with E-state index in [1.54, 1.807) is 6.20 Å². The number of aromatic nitrogens is 2. The van der Waals surface area contributed by atoms with Crippen molar-refractivity contribution < 1.29 is 0 Å². The fourth-order valence-corrected chi connectivity index (χ4v) is 0.924. The molecule has 0 spiro atoms. The van der Waals surface area contributed by atoms with Crippen molar-refractivity contribution in [2.24, 2.45) is 0 Å². The Hall–Kier alpha value is -1.03. The van der Waals surface area contributed by atoms with E-state index in [1.165, 1.54) is 0 Å². The van der Waals surface area contributed by atoms with Crippen LogP contribution in [-0.2, 0) is 6.67 Å². The predicted octanol–water partition coefficient (Wildman–Crippen LogP) is -0.187. The highest BCUT2D eigenvalue weighted by atomic mass is 15.4. The van der Waals surface area contributed by atoms with E-state index in [-0.39, 0.29) is 0 Å². The second-order valence-corrected chi connectivity index (χ2v) is 1.98. The van der Waals surface area contributed by atoms with Crippen molar-refractivity contribution in [1.29, 1.82) is 0 Å². The Morgan fingerprint density at radius 3 is 3.56 bits per heavy atom. The van der Waals surface area contributed by atoms with E-state index in [0.29, 0.717) is 0 Å². The van der Waals surface area contributed by atoms with Crippen LogP contribution >= 0.6 is 0 Å². The summed E-state index contributed by atoms with van der Waals surface area (Å²) in [5, 5.41) is 10.3. The van der Waals surface area contributed by atoms with Gasteiger partial charge in [0.15, 0.2) is 0 Å². The number of hydrogen-bond donors (Lipinski definition) is 2. The second-order valence-electron chi connectivity index (χ2n) is 1.98. The molecule has 48 valence electrons. The molecule has 9 heavy (non-hydrogen) atoms. The Morgan fingerprint density at radius 1 is 1.67 bits per heavy atom. The van der Waals surface area contributed by atoms with Gasteiger partial charge in [-0.25, -0.2) is 4.68 Å². The maximum absolute atomic E-state index is 4.05. The first kappa shape index (κ1) is 4.81. The van der Waals surface area contributed by atoms with Gasteiger partial charge in [-0.15, -0.1) is 0 Å². The summed E-state index contributed by atoms with van der Waals surface area (Å²) in [5.41, 5.74) is 0. The summed E-state index contributed by atoms with van der Waals surface area (Å²) in [6.07, 6.45) is 1.79. The van der Waals surface area contributed by atoms with Crippen molar-refractivity contribution in [2.45, 2.75) is 6.67 Å². The standard InChI is InChI=1S/C5H8N4/c1-2-8-9-4-6-3-7-5(1)9/h1-2,6-7H,3-4H2. The van der Waals surface area contributed by atoms with Crippen LogP contribution in [0.15, 0.2) is 12.3 Å². The van der Waals surface area contributed by atoms with Crippen LogP contribution in [0.4, 0.5) is 5.82 Å². The maximum atomic E-state index is 4.05. The lowest BCUT2D eigenvalue weighted by molar-refractivity contribution is 0.504. The molecule has 0 fully saturated rings. The highest BCUT2D eigenvalue weighted by Gasteiger charge is 2.03. The number of nitrogens with one attached hydrogen (secondary N) is 2. The first-order chi connectivity index (χ1) is 4.47. The molecule has 1 aliphatic rings. The fourth-order valence-electron chi connectivity index (χ4n) is 0.924. The summed E-state index contributed by atoms with van der Waals surface area (Å²) >= 11 is 0. The summed E-state index contributed by atoms with van der Waals surface area (Å²) in [6.45, 7) is 1.65. The van der Waals surface area contributed by atoms with Gasteiger partial charge in [-0.1, -0.05) is 0 Å². The largest absolute Gasteiger partial charge is 0.358 e. The minimum absolute atomic E-state index is 0.815. The van der Waals surface area contributed by atoms with E-state index in [2.05, 4.69) is 15.7 Å². The van der Waals surface area contributed by atoms with Gasteiger partial charge in [-0.3, -0.25) is 5.32 Å². The normalized spacial score (nSPS) is 16.4. The van der Waals surface area contributed by atoms with Gasteiger partial charge < -0.3 is 5.32 Å². The highest BCUT2D eigenvalue weighted by molar-refractivity contribution is 5.34. The van der Waals surface area contributed by atoms with E-state index in [0.717, 1.165) is 19.2 Å². The molecule has 1 aromatic heterocycles. The topological polar surface area (TPSA) is 41.9 Å². The number of hydrogen-bond acceptors (Lipinski definition) is 3. The van der Waals surface area contributed by atoms with Crippen LogP contribution in [0.2, 0.25) is 0 Å². The van der Waals surface area contributed by atoms with Crippen molar-refractivity contribution in [2.75, 3.05) is 12.0 Å². The molecule has 4 heteroatoms. The van der Waals surface area contributed by atoms with Gasteiger partial charge in [0.1, 0.15) is 5.82 Å². The molecule has 0 saturated heterocycles. The van der Waals surface area contributed by atoms with Gasteiger partial charge in [0, 0.05) is 6.07 Å². The van der Waals surface area contributed by atoms with Gasteiger partial charge in [0.05, 0.1) is 19.5 Å². The molecule has 2 N–H and O–H groups in total. The molecule has 2 heterocycles. The van der Waals surface area contributed by atoms with E-state index in [4.69, 9.17) is 0 Å². The lowest BCUT2D eigenvalue weighted by Crippen LogP contribution is -2.31. The smallest absolute Gasteiger partial charge is 0.126 e. The van der Waals surface area contributed by atoms with Crippen LogP contribution in [0.5, 0.6) is 0 Å². The van der Waals surface area contributed by atoms with Crippen LogP contribution in [0, 0.1) is 0 Å². The first-order valence-corrected chi connectivity index (χ1v) is 2.93. The summed E-state index contributed by atoms with van der Waals surface area (Å²) in [7, 11) is 0.